The molecule has 90 valence electrons. The minimum absolute atomic E-state index is 0.127. The van der Waals surface area contributed by atoms with E-state index in [4.69, 9.17) is 5.73 Å². The highest BCUT2D eigenvalue weighted by molar-refractivity contribution is 5.76. The number of hydrogen-bond acceptors (Lipinski definition) is 2. The van der Waals surface area contributed by atoms with Gasteiger partial charge in [0.15, 0.2) is 0 Å². The van der Waals surface area contributed by atoms with Gasteiger partial charge >= 0.3 is 0 Å². The third-order valence-electron chi connectivity index (χ3n) is 2.50. The van der Waals surface area contributed by atoms with Gasteiger partial charge in [-0.2, -0.15) is 0 Å². The molecule has 15 heavy (non-hydrogen) atoms. The number of amides is 1. The van der Waals surface area contributed by atoms with Crippen LogP contribution in [0.25, 0.3) is 0 Å². The van der Waals surface area contributed by atoms with Gasteiger partial charge in [0.25, 0.3) is 0 Å². The Morgan fingerprint density at radius 2 is 1.80 bits per heavy atom. The van der Waals surface area contributed by atoms with E-state index in [-0.39, 0.29) is 11.4 Å². The number of carbonyl (C=O) groups excluding carboxylic acids is 1. The first-order chi connectivity index (χ1) is 7.02. The molecule has 0 heterocycles. The highest BCUT2D eigenvalue weighted by Crippen LogP contribution is 2.06. The average molecular weight is 214 g/mol. The fourth-order valence-corrected chi connectivity index (χ4v) is 1.38. The summed E-state index contributed by atoms with van der Waals surface area (Å²) in [6.07, 6.45) is 6.54. The van der Waals surface area contributed by atoms with Gasteiger partial charge in [-0.3, -0.25) is 4.79 Å². The van der Waals surface area contributed by atoms with Crippen LogP contribution in [0, 0.1) is 0 Å². The van der Waals surface area contributed by atoms with E-state index in [0.717, 1.165) is 12.8 Å². The quantitative estimate of drug-likeness (QED) is 0.609. The van der Waals surface area contributed by atoms with E-state index in [1.165, 1.54) is 19.3 Å². The van der Waals surface area contributed by atoms with Gasteiger partial charge in [0.2, 0.25) is 5.91 Å². The van der Waals surface area contributed by atoms with Crippen LogP contribution in [-0.2, 0) is 4.79 Å². The lowest BCUT2D eigenvalue weighted by atomic mass is 10.1. The van der Waals surface area contributed by atoms with Crippen molar-refractivity contribution in [2.24, 2.45) is 5.73 Å². The Kier molecular flexibility index (Phi) is 7.39. The Balaban J connectivity index is 3.49. The third kappa shape index (κ3) is 8.43. The summed E-state index contributed by atoms with van der Waals surface area (Å²) in [6, 6.07) is 0. The Bertz CT molecular complexity index is 178. The maximum absolute atomic E-state index is 11.5. The zero-order chi connectivity index (χ0) is 11.7. The van der Waals surface area contributed by atoms with E-state index in [9.17, 15) is 4.79 Å². The van der Waals surface area contributed by atoms with Crippen LogP contribution in [0.4, 0.5) is 0 Å². The summed E-state index contributed by atoms with van der Waals surface area (Å²) in [5.74, 6) is 0.127. The van der Waals surface area contributed by atoms with E-state index in [2.05, 4.69) is 12.2 Å². The number of rotatable bonds is 8. The van der Waals surface area contributed by atoms with Gasteiger partial charge in [-0.1, -0.05) is 32.6 Å². The maximum Gasteiger partial charge on any atom is 0.220 e. The zero-order valence-corrected chi connectivity index (χ0v) is 10.4. The molecule has 0 unspecified atom stereocenters. The van der Waals surface area contributed by atoms with Gasteiger partial charge in [0.1, 0.15) is 0 Å². The van der Waals surface area contributed by atoms with Gasteiger partial charge in [-0.25, -0.2) is 0 Å². The summed E-state index contributed by atoms with van der Waals surface area (Å²) in [6.45, 7) is 6.56. The fourth-order valence-electron chi connectivity index (χ4n) is 1.38. The number of unbranched alkanes of at least 4 members (excludes halogenated alkanes) is 4. The van der Waals surface area contributed by atoms with Crippen LogP contribution < -0.4 is 11.1 Å². The predicted octanol–water partition coefficient (Wildman–Crippen LogP) is 2.20. The summed E-state index contributed by atoms with van der Waals surface area (Å²) >= 11 is 0. The zero-order valence-electron chi connectivity index (χ0n) is 10.4. The Morgan fingerprint density at radius 3 is 2.33 bits per heavy atom. The summed E-state index contributed by atoms with van der Waals surface area (Å²) < 4.78 is 0. The molecule has 0 aromatic rings. The molecule has 0 radical (unpaired) electrons. The summed E-state index contributed by atoms with van der Waals surface area (Å²) in [5.41, 5.74) is 5.27. The third-order valence-corrected chi connectivity index (χ3v) is 2.50. The lowest BCUT2D eigenvalue weighted by molar-refractivity contribution is -0.122. The van der Waals surface area contributed by atoms with Crippen molar-refractivity contribution in [3.8, 4) is 0 Å². The maximum atomic E-state index is 11.5. The molecule has 0 fully saturated rings. The van der Waals surface area contributed by atoms with Crippen molar-refractivity contribution in [3.63, 3.8) is 0 Å². The van der Waals surface area contributed by atoms with Crippen LogP contribution in [0.1, 0.15) is 59.3 Å². The first-order valence-corrected chi connectivity index (χ1v) is 6.03. The molecule has 0 aliphatic carbocycles. The summed E-state index contributed by atoms with van der Waals surface area (Å²) in [5, 5.41) is 2.93. The van der Waals surface area contributed by atoms with Gasteiger partial charge < -0.3 is 11.1 Å². The van der Waals surface area contributed by atoms with Crippen LogP contribution in [0.2, 0.25) is 0 Å². The van der Waals surface area contributed by atoms with Crippen molar-refractivity contribution in [2.45, 2.75) is 64.8 Å². The van der Waals surface area contributed by atoms with Crippen LogP contribution >= 0.6 is 0 Å². The second-order valence-electron chi connectivity index (χ2n) is 4.80. The molecule has 0 aliphatic rings. The highest BCUT2D eigenvalue weighted by Gasteiger charge is 2.17. The standard InChI is InChI=1S/C12H26N2O/c1-4-5-6-7-8-9-11(15)14-12(2,3)10-13/h4-10,13H2,1-3H3,(H,14,15). The molecule has 0 bridgehead atoms. The summed E-state index contributed by atoms with van der Waals surface area (Å²) in [7, 11) is 0. The molecule has 3 nitrogen and oxygen atoms in total. The van der Waals surface area contributed by atoms with Crippen LogP contribution in [0.15, 0.2) is 0 Å². The first kappa shape index (κ1) is 14.4. The Morgan fingerprint density at radius 1 is 1.20 bits per heavy atom. The minimum Gasteiger partial charge on any atom is -0.350 e. The molecule has 0 saturated heterocycles. The van der Waals surface area contributed by atoms with Crippen LogP contribution in [-0.4, -0.2) is 18.0 Å². The van der Waals surface area contributed by atoms with E-state index in [1.807, 2.05) is 13.8 Å². The monoisotopic (exact) mass is 214 g/mol. The van der Waals surface area contributed by atoms with Crippen LogP contribution in [0.3, 0.4) is 0 Å². The van der Waals surface area contributed by atoms with Crippen molar-refractivity contribution in [2.75, 3.05) is 6.54 Å². The average Bonchev–Trinajstić information content (AvgIpc) is 2.17. The summed E-state index contributed by atoms with van der Waals surface area (Å²) in [4.78, 5) is 11.5. The smallest absolute Gasteiger partial charge is 0.220 e. The second-order valence-corrected chi connectivity index (χ2v) is 4.80. The van der Waals surface area contributed by atoms with E-state index in [1.54, 1.807) is 0 Å². The lowest BCUT2D eigenvalue weighted by Crippen LogP contribution is -2.48. The fraction of sp³-hybridized carbons (Fsp3) is 0.917. The highest BCUT2D eigenvalue weighted by atomic mass is 16.1. The molecular formula is C12H26N2O. The molecule has 3 N–H and O–H groups in total. The molecule has 0 aromatic heterocycles. The number of nitrogens with two attached hydrogens (primary N) is 1. The molecule has 0 spiro atoms. The van der Waals surface area contributed by atoms with Gasteiger partial charge in [-0.05, 0) is 20.3 Å². The number of hydrogen-bond donors (Lipinski definition) is 2. The SMILES string of the molecule is CCCCCCCC(=O)NC(C)(C)CN. The van der Waals surface area contributed by atoms with Gasteiger partial charge in [-0.15, -0.1) is 0 Å². The molecule has 0 atom stereocenters. The number of nitrogens with one attached hydrogen (secondary N) is 1. The molecule has 0 saturated carbocycles. The topological polar surface area (TPSA) is 55.1 Å². The number of carbonyl (C=O) groups is 1. The first-order valence-electron chi connectivity index (χ1n) is 6.03. The Labute approximate surface area is 93.8 Å². The van der Waals surface area contributed by atoms with E-state index in [0.29, 0.717) is 13.0 Å². The molecule has 0 rings (SSSR count). The normalized spacial score (nSPS) is 11.5. The largest absolute Gasteiger partial charge is 0.350 e. The van der Waals surface area contributed by atoms with Gasteiger partial charge in [0, 0.05) is 18.5 Å². The van der Waals surface area contributed by atoms with E-state index >= 15 is 0 Å². The molecule has 1 amide bonds. The molecule has 3 heteroatoms. The second kappa shape index (κ2) is 7.69. The van der Waals surface area contributed by atoms with Crippen molar-refractivity contribution < 1.29 is 4.79 Å². The van der Waals surface area contributed by atoms with Crippen molar-refractivity contribution >= 4 is 5.91 Å². The molecule has 0 aliphatic heterocycles. The van der Waals surface area contributed by atoms with Crippen molar-refractivity contribution in [3.05, 3.63) is 0 Å². The predicted molar refractivity (Wildman–Crippen MR) is 64.7 cm³/mol. The van der Waals surface area contributed by atoms with E-state index < -0.39 is 0 Å². The van der Waals surface area contributed by atoms with Gasteiger partial charge in [0.05, 0.1) is 0 Å². The van der Waals surface area contributed by atoms with Crippen LogP contribution in [0.5, 0.6) is 0 Å². The lowest BCUT2D eigenvalue weighted by Gasteiger charge is -2.24. The van der Waals surface area contributed by atoms with Crippen molar-refractivity contribution in [1.82, 2.24) is 5.32 Å². The minimum atomic E-state index is -0.263. The molecular weight excluding hydrogens is 188 g/mol. The Hall–Kier alpha value is -0.570. The molecule has 0 aromatic carbocycles. The van der Waals surface area contributed by atoms with Crippen molar-refractivity contribution in [1.29, 1.82) is 0 Å².